The number of benzene rings is 1. The predicted molar refractivity (Wildman–Crippen MR) is 55.4 cm³/mol. The van der Waals surface area contributed by atoms with Gasteiger partial charge in [0.15, 0.2) is 0 Å². The highest BCUT2D eigenvalue weighted by atomic mass is 19.1. The summed E-state index contributed by atoms with van der Waals surface area (Å²) in [5.41, 5.74) is -0.209. The highest BCUT2D eigenvalue weighted by molar-refractivity contribution is 5.66. The molecule has 88 valence electrons. The minimum absolute atomic E-state index is 0.375. The Balaban J connectivity index is 2.40. The zero-order valence-corrected chi connectivity index (χ0v) is 8.58. The Kier molecular flexibility index (Phi) is 2.73. The molecule has 0 aliphatic rings. The second kappa shape index (κ2) is 4.20. The van der Waals surface area contributed by atoms with E-state index in [1.54, 1.807) is 0 Å². The summed E-state index contributed by atoms with van der Waals surface area (Å²) in [5.74, 6) is -1.56. The van der Waals surface area contributed by atoms with Crippen molar-refractivity contribution in [1.29, 1.82) is 0 Å². The molecule has 0 atom stereocenters. The maximum Gasteiger partial charge on any atom is 0.351 e. The van der Waals surface area contributed by atoms with Crippen molar-refractivity contribution in [3.05, 3.63) is 46.9 Å². The highest BCUT2D eigenvalue weighted by Gasteiger charge is 2.09. The van der Waals surface area contributed by atoms with E-state index in [9.17, 15) is 14.0 Å². The van der Waals surface area contributed by atoms with Gasteiger partial charge in [-0.05, 0) is 24.3 Å². The van der Waals surface area contributed by atoms with Gasteiger partial charge in [-0.2, -0.15) is 9.78 Å². The molecule has 0 unspecified atom stereocenters. The summed E-state index contributed by atoms with van der Waals surface area (Å²) in [5, 5.41) is 12.3. The lowest BCUT2D eigenvalue weighted by molar-refractivity contribution is -0.137. The molecule has 0 saturated heterocycles. The van der Waals surface area contributed by atoms with Crippen LogP contribution in [0.15, 0.2) is 35.4 Å². The summed E-state index contributed by atoms with van der Waals surface area (Å²) >= 11 is 0. The Labute approximate surface area is 94.5 Å². The van der Waals surface area contributed by atoms with Crippen LogP contribution >= 0.6 is 0 Å². The number of nitrogens with zero attached hydrogens (tertiary/aromatic N) is 3. The van der Waals surface area contributed by atoms with E-state index in [0.29, 0.717) is 5.69 Å². The molecule has 0 fully saturated rings. The van der Waals surface area contributed by atoms with Crippen LogP contribution in [0.4, 0.5) is 4.39 Å². The first kappa shape index (κ1) is 11.1. The molecule has 0 amide bonds. The number of halogens is 1. The molecule has 1 aromatic heterocycles. The third-order valence-electron chi connectivity index (χ3n) is 2.11. The second-order valence-electron chi connectivity index (χ2n) is 3.32. The zero-order chi connectivity index (χ0) is 12.4. The van der Waals surface area contributed by atoms with Crippen molar-refractivity contribution in [2.45, 2.75) is 6.54 Å². The van der Waals surface area contributed by atoms with Crippen LogP contribution in [-0.4, -0.2) is 25.4 Å². The van der Waals surface area contributed by atoms with Gasteiger partial charge in [-0.15, -0.1) is 0 Å². The minimum atomic E-state index is -1.13. The Bertz CT molecular complexity index is 600. The average Bonchev–Trinajstić information content (AvgIpc) is 2.61. The number of aliphatic carboxylic acids is 1. The van der Waals surface area contributed by atoms with Crippen LogP contribution in [0.2, 0.25) is 0 Å². The lowest BCUT2D eigenvalue weighted by Gasteiger charge is -1.98. The van der Waals surface area contributed by atoms with Crippen LogP contribution in [0.5, 0.6) is 0 Å². The molecule has 0 spiro atoms. The Hall–Kier alpha value is -2.44. The SMILES string of the molecule is O=C(O)Cn1cnn(-c2ccc(F)cc2)c1=O. The van der Waals surface area contributed by atoms with Gasteiger partial charge in [0.2, 0.25) is 0 Å². The number of carboxylic acids is 1. The molecule has 7 heteroatoms. The molecule has 0 aliphatic heterocycles. The van der Waals surface area contributed by atoms with Gasteiger partial charge in [-0.3, -0.25) is 9.36 Å². The highest BCUT2D eigenvalue weighted by Crippen LogP contribution is 2.04. The molecule has 17 heavy (non-hydrogen) atoms. The molecule has 1 N–H and O–H groups in total. The average molecular weight is 237 g/mol. The molecule has 2 aromatic rings. The van der Waals surface area contributed by atoms with Crippen LogP contribution in [0.25, 0.3) is 5.69 Å². The fraction of sp³-hybridized carbons (Fsp3) is 0.100. The van der Waals surface area contributed by atoms with Gasteiger partial charge in [0, 0.05) is 0 Å². The molecule has 1 heterocycles. The van der Waals surface area contributed by atoms with Crippen molar-refractivity contribution in [1.82, 2.24) is 14.3 Å². The molecule has 6 nitrogen and oxygen atoms in total. The van der Waals surface area contributed by atoms with Gasteiger partial charge in [-0.25, -0.2) is 9.18 Å². The first-order valence-corrected chi connectivity index (χ1v) is 4.70. The topological polar surface area (TPSA) is 77.1 Å². The fourth-order valence-corrected chi connectivity index (χ4v) is 1.35. The van der Waals surface area contributed by atoms with E-state index in [4.69, 9.17) is 5.11 Å². The normalized spacial score (nSPS) is 10.4. The summed E-state index contributed by atoms with van der Waals surface area (Å²) in [6, 6.07) is 5.15. The lowest BCUT2D eigenvalue weighted by Crippen LogP contribution is -2.26. The van der Waals surface area contributed by atoms with E-state index in [1.807, 2.05) is 0 Å². The van der Waals surface area contributed by atoms with E-state index in [1.165, 1.54) is 24.3 Å². The molecule has 2 rings (SSSR count). The van der Waals surface area contributed by atoms with Crippen molar-refractivity contribution < 1.29 is 14.3 Å². The van der Waals surface area contributed by atoms with Crippen LogP contribution in [0.1, 0.15) is 0 Å². The van der Waals surface area contributed by atoms with Gasteiger partial charge < -0.3 is 5.11 Å². The standard InChI is InChI=1S/C10H8FN3O3/c11-7-1-3-8(4-2-7)14-10(17)13(6-12-14)5-9(15)16/h1-4,6H,5H2,(H,15,16). The van der Waals surface area contributed by atoms with E-state index in [0.717, 1.165) is 15.6 Å². The minimum Gasteiger partial charge on any atom is -0.480 e. The fourth-order valence-electron chi connectivity index (χ4n) is 1.35. The Morgan fingerprint density at radius 1 is 1.35 bits per heavy atom. The van der Waals surface area contributed by atoms with Gasteiger partial charge in [0.1, 0.15) is 18.7 Å². The van der Waals surface area contributed by atoms with Crippen molar-refractivity contribution in [3.8, 4) is 5.69 Å². The quantitative estimate of drug-likeness (QED) is 0.830. The van der Waals surface area contributed by atoms with Gasteiger partial charge >= 0.3 is 11.7 Å². The molecule has 0 bridgehead atoms. The Morgan fingerprint density at radius 3 is 2.59 bits per heavy atom. The molecule has 0 saturated carbocycles. The maximum absolute atomic E-state index is 12.7. The van der Waals surface area contributed by atoms with Crippen molar-refractivity contribution >= 4 is 5.97 Å². The predicted octanol–water partition coefficient (Wildman–Crippen LogP) is 0.258. The maximum atomic E-state index is 12.7. The molecule has 1 aromatic carbocycles. The van der Waals surface area contributed by atoms with Crippen LogP contribution in [0, 0.1) is 5.82 Å². The molecule has 0 aliphatic carbocycles. The Morgan fingerprint density at radius 2 is 2.00 bits per heavy atom. The summed E-state index contributed by atoms with van der Waals surface area (Å²) < 4.78 is 14.6. The van der Waals surface area contributed by atoms with Crippen molar-refractivity contribution in [3.63, 3.8) is 0 Å². The number of aromatic nitrogens is 3. The third kappa shape index (κ3) is 2.22. The number of hydrogen-bond acceptors (Lipinski definition) is 3. The number of carbonyl (C=O) groups is 1. The first-order chi connectivity index (χ1) is 8.08. The summed E-state index contributed by atoms with van der Waals surface area (Å²) in [4.78, 5) is 22.2. The number of hydrogen-bond donors (Lipinski definition) is 1. The lowest BCUT2D eigenvalue weighted by atomic mass is 10.3. The van der Waals surface area contributed by atoms with E-state index in [2.05, 4.69) is 5.10 Å². The smallest absolute Gasteiger partial charge is 0.351 e. The molecular weight excluding hydrogens is 229 g/mol. The van der Waals surface area contributed by atoms with E-state index < -0.39 is 24.0 Å². The largest absolute Gasteiger partial charge is 0.480 e. The number of rotatable bonds is 3. The summed E-state index contributed by atoms with van der Waals surface area (Å²) in [7, 11) is 0. The van der Waals surface area contributed by atoms with Gasteiger partial charge in [-0.1, -0.05) is 0 Å². The zero-order valence-electron chi connectivity index (χ0n) is 8.58. The van der Waals surface area contributed by atoms with Crippen molar-refractivity contribution in [2.75, 3.05) is 0 Å². The van der Waals surface area contributed by atoms with Crippen LogP contribution < -0.4 is 5.69 Å². The monoisotopic (exact) mass is 237 g/mol. The van der Waals surface area contributed by atoms with Gasteiger partial charge in [0.05, 0.1) is 5.69 Å². The third-order valence-corrected chi connectivity index (χ3v) is 2.11. The van der Waals surface area contributed by atoms with Gasteiger partial charge in [0.25, 0.3) is 0 Å². The summed E-state index contributed by atoms with van der Waals surface area (Å²) in [6.07, 6.45) is 1.12. The van der Waals surface area contributed by atoms with Crippen LogP contribution in [-0.2, 0) is 11.3 Å². The van der Waals surface area contributed by atoms with Crippen molar-refractivity contribution in [2.24, 2.45) is 0 Å². The number of carboxylic acid groups (broad SMARTS) is 1. The summed E-state index contributed by atoms with van der Waals surface area (Å²) in [6.45, 7) is -0.458. The molecule has 0 radical (unpaired) electrons. The first-order valence-electron chi connectivity index (χ1n) is 4.70. The molecular formula is C10H8FN3O3. The van der Waals surface area contributed by atoms with Crippen LogP contribution in [0.3, 0.4) is 0 Å². The van der Waals surface area contributed by atoms with E-state index >= 15 is 0 Å². The van der Waals surface area contributed by atoms with E-state index in [-0.39, 0.29) is 0 Å². The second-order valence-corrected chi connectivity index (χ2v) is 3.32.